The molecular formula is C24H32N2O3. The van der Waals surface area contributed by atoms with Crippen molar-refractivity contribution in [2.75, 3.05) is 6.61 Å². The first kappa shape index (κ1) is 22.5. The molecule has 0 aliphatic rings. The van der Waals surface area contributed by atoms with E-state index in [0.29, 0.717) is 12.3 Å². The number of nitrogens with one attached hydrogen (secondary N) is 1. The van der Waals surface area contributed by atoms with Crippen LogP contribution in [-0.4, -0.2) is 35.4 Å². The van der Waals surface area contributed by atoms with E-state index in [4.69, 9.17) is 4.74 Å². The minimum absolute atomic E-state index is 0.00746. The Hall–Kier alpha value is -2.82. The first-order valence-corrected chi connectivity index (χ1v) is 10.0. The number of nitrogens with zero attached hydrogens (tertiary/aromatic N) is 1. The van der Waals surface area contributed by atoms with E-state index in [2.05, 4.69) is 5.32 Å². The molecule has 2 rings (SSSR count). The van der Waals surface area contributed by atoms with Gasteiger partial charge < -0.3 is 15.0 Å². The quantitative estimate of drug-likeness (QED) is 0.735. The molecule has 0 unspecified atom stereocenters. The SMILES string of the molecule is Cc1ccc(CN(C(=O)COc2ccc(C)c(C)c2)[C@@H](C)C(=O)NC(C)C)cc1. The van der Waals surface area contributed by atoms with Crippen molar-refractivity contribution in [1.82, 2.24) is 10.2 Å². The lowest BCUT2D eigenvalue weighted by Crippen LogP contribution is -2.50. The third-order valence-corrected chi connectivity index (χ3v) is 4.91. The van der Waals surface area contributed by atoms with Crippen LogP contribution in [0.15, 0.2) is 42.5 Å². The van der Waals surface area contributed by atoms with E-state index >= 15 is 0 Å². The summed E-state index contributed by atoms with van der Waals surface area (Å²) in [5.74, 6) is 0.248. The van der Waals surface area contributed by atoms with Gasteiger partial charge in [0, 0.05) is 12.6 Å². The smallest absolute Gasteiger partial charge is 0.261 e. The Bertz CT molecular complexity index is 844. The van der Waals surface area contributed by atoms with Gasteiger partial charge in [0.1, 0.15) is 11.8 Å². The number of hydrogen-bond donors (Lipinski definition) is 1. The average Bonchev–Trinajstić information content (AvgIpc) is 2.67. The zero-order valence-corrected chi connectivity index (χ0v) is 18.3. The highest BCUT2D eigenvalue weighted by Gasteiger charge is 2.26. The molecular weight excluding hydrogens is 364 g/mol. The lowest BCUT2D eigenvalue weighted by molar-refractivity contribution is -0.142. The first-order chi connectivity index (χ1) is 13.7. The molecule has 0 aliphatic carbocycles. The Balaban J connectivity index is 2.15. The number of rotatable bonds is 8. The number of aryl methyl sites for hydroxylation is 3. The van der Waals surface area contributed by atoms with Crippen LogP contribution in [0.5, 0.6) is 5.75 Å². The van der Waals surface area contributed by atoms with E-state index in [1.807, 2.05) is 77.1 Å². The number of carbonyl (C=O) groups excluding carboxylic acids is 2. The molecule has 29 heavy (non-hydrogen) atoms. The molecule has 1 atom stereocenters. The van der Waals surface area contributed by atoms with Crippen molar-refractivity contribution >= 4 is 11.8 Å². The average molecular weight is 397 g/mol. The van der Waals surface area contributed by atoms with Crippen LogP contribution in [0.4, 0.5) is 0 Å². The van der Waals surface area contributed by atoms with Crippen molar-refractivity contribution in [1.29, 1.82) is 0 Å². The van der Waals surface area contributed by atoms with Crippen LogP contribution < -0.4 is 10.1 Å². The molecule has 5 nitrogen and oxygen atoms in total. The number of amides is 2. The van der Waals surface area contributed by atoms with E-state index in [1.165, 1.54) is 5.56 Å². The summed E-state index contributed by atoms with van der Waals surface area (Å²) >= 11 is 0. The molecule has 2 aromatic carbocycles. The molecule has 2 amide bonds. The van der Waals surface area contributed by atoms with Crippen molar-refractivity contribution in [2.24, 2.45) is 0 Å². The highest BCUT2D eigenvalue weighted by molar-refractivity contribution is 5.88. The Morgan fingerprint density at radius 3 is 2.21 bits per heavy atom. The molecule has 0 saturated carbocycles. The fourth-order valence-electron chi connectivity index (χ4n) is 2.91. The van der Waals surface area contributed by atoms with Gasteiger partial charge in [-0.25, -0.2) is 0 Å². The molecule has 0 fully saturated rings. The minimum Gasteiger partial charge on any atom is -0.484 e. The fourth-order valence-corrected chi connectivity index (χ4v) is 2.91. The number of benzene rings is 2. The van der Waals surface area contributed by atoms with Crippen molar-refractivity contribution < 1.29 is 14.3 Å². The summed E-state index contributed by atoms with van der Waals surface area (Å²) in [5.41, 5.74) is 4.40. The Labute approximate surface area is 174 Å². The Morgan fingerprint density at radius 2 is 1.62 bits per heavy atom. The van der Waals surface area contributed by atoms with Gasteiger partial charge in [-0.05, 0) is 70.4 Å². The van der Waals surface area contributed by atoms with E-state index in [0.717, 1.165) is 16.7 Å². The monoisotopic (exact) mass is 396 g/mol. The lowest BCUT2D eigenvalue weighted by Gasteiger charge is -2.29. The summed E-state index contributed by atoms with van der Waals surface area (Å²) in [6.45, 7) is 11.8. The van der Waals surface area contributed by atoms with Gasteiger partial charge in [-0.2, -0.15) is 0 Å². The summed E-state index contributed by atoms with van der Waals surface area (Å²) in [6.07, 6.45) is 0. The van der Waals surface area contributed by atoms with Crippen molar-refractivity contribution in [3.05, 3.63) is 64.7 Å². The van der Waals surface area contributed by atoms with Crippen LogP contribution in [0.3, 0.4) is 0 Å². The summed E-state index contributed by atoms with van der Waals surface area (Å²) < 4.78 is 5.73. The largest absolute Gasteiger partial charge is 0.484 e. The number of hydrogen-bond acceptors (Lipinski definition) is 3. The molecule has 0 spiro atoms. The second kappa shape index (κ2) is 10.1. The van der Waals surface area contributed by atoms with Crippen LogP contribution in [0.1, 0.15) is 43.0 Å². The van der Waals surface area contributed by atoms with Gasteiger partial charge in [-0.3, -0.25) is 9.59 Å². The molecule has 0 heterocycles. The van der Waals surface area contributed by atoms with Crippen LogP contribution in [0.2, 0.25) is 0 Å². The maximum absolute atomic E-state index is 13.0. The standard InChI is InChI=1S/C24H32N2O3/c1-16(2)25-24(28)20(6)26(14-21-10-7-17(3)8-11-21)23(27)15-29-22-12-9-18(4)19(5)13-22/h7-13,16,20H,14-15H2,1-6H3,(H,25,28)/t20-/m0/s1. The minimum atomic E-state index is -0.602. The van der Waals surface area contributed by atoms with Crippen LogP contribution in [-0.2, 0) is 16.1 Å². The normalized spacial score (nSPS) is 11.8. The predicted octanol–water partition coefficient (Wildman–Crippen LogP) is 3.93. The van der Waals surface area contributed by atoms with Gasteiger partial charge in [-0.1, -0.05) is 35.9 Å². The maximum atomic E-state index is 13.0. The number of ether oxygens (including phenoxy) is 1. The predicted molar refractivity (Wildman–Crippen MR) is 116 cm³/mol. The van der Waals surface area contributed by atoms with Gasteiger partial charge in [0.25, 0.3) is 5.91 Å². The summed E-state index contributed by atoms with van der Waals surface area (Å²) in [7, 11) is 0. The van der Waals surface area contributed by atoms with Crippen molar-refractivity contribution in [2.45, 2.75) is 60.2 Å². The van der Waals surface area contributed by atoms with Crippen molar-refractivity contribution in [3.8, 4) is 5.75 Å². The molecule has 5 heteroatoms. The molecule has 156 valence electrons. The second-order valence-corrected chi connectivity index (χ2v) is 7.88. The summed E-state index contributed by atoms with van der Waals surface area (Å²) in [6, 6.07) is 13.1. The topological polar surface area (TPSA) is 58.6 Å². The highest BCUT2D eigenvalue weighted by Crippen LogP contribution is 2.17. The Morgan fingerprint density at radius 1 is 0.966 bits per heavy atom. The molecule has 0 aliphatic heterocycles. The van der Waals surface area contributed by atoms with Gasteiger partial charge in [0.05, 0.1) is 0 Å². The number of carbonyl (C=O) groups is 2. The van der Waals surface area contributed by atoms with Crippen LogP contribution in [0, 0.1) is 20.8 Å². The molecule has 1 N–H and O–H groups in total. The van der Waals surface area contributed by atoms with Gasteiger partial charge in [0.15, 0.2) is 6.61 Å². The molecule has 2 aromatic rings. The molecule has 0 saturated heterocycles. The second-order valence-electron chi connectivity index (χ2n) is 7.88. The third-order valence-electron chi connectivity index (χ3n) is 4.91. The highest BCUT2D eigenvalue weighted by atomic mass is 16.5. The zero-order valence-electron chi connectivity index (χ0n) is 18.3. The first-order valence-electron chi connectivity index (χ1n) is 10.0. The Kier molecular flexibility index (Phi) is 7.82. The fraction of sp³-hybridized carbons (Fsp3) is 0.417. The van der Waals surface area contributed by atoms with E-state index in [1.54, 1.807) is 11.8 Å². The van der Waals surface area contributed by atoms with E-state index in [-0.39, 0.29) is 24.5 Å². The van der Waals surface area contributed by atoms with Gasteiger partial charge in [0.2, 0.25) is 5.91 Å². The van der Waals surface area contributed by atoms with E-state index in [9.17, 15) is 9.59 Å². The zero-order chi connectivity index (χ0) is 21.6. The molecule has 0 radical (unpaired) electrons. The molecule has 0 bridgehead atoms. The van der Waals surface area contributed by atoms with E-state index < -0.39 is 6.04 Å². The lowest BCUT2D eigenvalue weighted by atomic mass is 10.1. The van der Waals surface area contributed by atoms with Gasteiger partial charge in [-0.15, -0.1) is 0 Å². The van der Waals surface area contributed by atoms with Gasteiger partial charge >= 0.3 is 0 Å². The third kappa shape index (κ3) is 6.63. The maximum Gasteiger partial charge on any atom is 0.261 e. The van der Waals surface area contributed by atoms with Crippen LogP contribution >= 0.6 is 0 Å². The van der Waals surface area contributed by atoms with Crippen molar-refractivity contribution in [3.63, 3.8) is 0 Å². The summed E-state index contributed by atoms with van der Waals surface area (Å²) in [5, 5.41) is 2.89. The van der Waals surface area contributed by atoms with Crippen LogP contribution in [0.25, 0.3) is 0 Å². The summed E-state index contributed by atoms with van der Waals surface area (Å²) in [4.78, 5) is 27.1. The molecule has 0 aromatic heterocycles.